The third kappa shape index (κ3) is 5.36. The Labute approximate surface area is 174 Å². The van der Waals surface area contributed by atoms with E-state index in [1.165, 1.54) is 12.0 Å². The topological polar surface area (TPSA) is 105 Å². The first-order valence-electron chi connectivity index (χ1n) is 9.60. The minimum Gasteiger partial charge on any atom is -0.480 e. The predicted octanol–water partition coefficient (Wildman–Crippen LogP) is 2.16. The number of aliphatic carboxylic acids is 1. The zero-order valence-corrected chi connectivity index (χ0v) is 16.6. The van der Waals surface area contributed by atoms with Crippen molar-refractivity contribution in [3.05, 3.63) is 60.2 Å². The van der Waals surface area contributed by atoms with Crippen molar-refractivity contribution in [3.8, 4) is 11.5 Å². The van der Waals surface area contributed by atoms with Crippen LogP contribution >= 0.6 is 0 Å². The van der Waals surface area contributed by atoms with E-state index in [2.05, 4.69) is 5.32 Å². The monoisotopic (exact) mass is 412 g/mol. The first-order valence-corrected chi connectivity index (χ1v) is 9.60. The molecule has 2 aromatic carbocycles. The van der Waals surface area contributed by atoms with Gasteiger partial charge in [-0.05, 0) is 42.8 Å². The molecule has 0 spiro atoms. The van der Waals surface area contributed by atoms with Gasteiger partial charge in [-0.15, -0.1) is 0 Å². The number of nitrogens with one attached hydrogen (secondary N) is 1. The summed E-state index contributed by atoms with van der Waals surface area (Å²) in [5.41, 5.74) is 0.372. The van der Waals surface area contributed by atoms with Gasteiger partial charge in [-0.25, -0.2) is 4.79 Å². The van der Waals surface area contributed by atoms with Crippen molar-refractivity contribution in [2.75, 3.05) is 26.8 Å². The highest BCUT2D eigenvalue weighted by molar-refractivity contribution is 5.97. The van der Waals surface area contributed by atoms with E-state index in [0.29, 0.717) is 36.6 Å². The fourth-order valence-corrected chi connectivity index (χ4v) is 3.45. The Balaban J connectivity index is 1.54. The number of benzene rings is 2. The molecular weight excluding hydrogens is 388 g/mol. The molecule has 2 N–H and O–H groups in total. The molecule has 0 saturated carbocycles. The number of likely N-dealkylation sites (tertiary alicyclic amines) is 1. The summed E-state index contributed by atoms with van der Waals surface area (Å²) in [4.78, 5) is 37.6. The largest absolute Gasteiger partial charge is 0.480 e. The summed E-state index contributed by atoms with van der Waals surface area (Å²) in [6, 6.07) is 14.9. The first kappa shape index (κ1) is 21.3. The van der Waals surface area contributed by atoms with Crippen LogP contribution in [0.2, 0.25) is 0 Å². The van der Waals surface area contributed by atoms with Crippen molar-refractivity contribution in [2.24, 2.45) is 5.92 Å². The summed E-state index contributed by atoms with van der Waals surface area (Å²) in [5, 5.41) is 11.9. The van der Waals surface area contributed by atoms with Crippen molar-refractivity contribution in [3.63, 3.8) is 0 Å². The van der Waals surface area contributed by atoms with Crippen molar-refractivity contribution in [1.29, 1.82) is 0 Å². The molecule has 1 heterocycles. The summed E-state index contributed by atoms with van der Waals surface area (Å²) in [7, 11) is 1.54. The molecule has 3 rings (SSSR count). The highest BCUT2D eigenvalue weighted by atomic mass is 16.5. The smallest absolute Gasteiger partial charge is 0.326 e. The van der Waals surface area contributed by atoms with Crippen LogP contribution in [0.25, 0.3) is 0 Å². The van der Waals surface area contributed by atoms with Gasteiger partial charge in [-0.3, -0.25) is 9.59 Å². The number of carboxylic acids is 1. The van der Waals surface area contributed by atoms with Gasteiger partial charge in [-0.2, -0.15) is 0 Å². The minimum atomic E-state index is -1.05. The summed E-state index contributed by atoms with van der Waals surface area (Å²) in [6.45, 7) is 0.410. The Kier molecular flexibility index (Phi) is 7.03. The van der Waals surface area contributed by atoms with Crippen LogP contribution in [0.5, 0.6) is 11.5 Å². The number of para-hydroxylation sites is 1. The van der Waals surface area contributed by atoms with E-state index in [-0.39, 0.29) is 12.5 Å². The number of amides is 2. The number of nitrogens with zero attached hydrogens (tertiary/aromatic N) is 1. The molecule has 1 aliphatic heterocycles. The second-order valence-electron chi connectivity index (χ2n) is 7.08. The number of rotatable bonds is 8. The van der Waals surface area contributed by atoms with Crippen molar-refractivity contribution >= 4 is 17.8 Å². The van der Waals surface area contributed by atoms with E-state index >= 15 is 0 Å². The summed E-state index contributed by atoms with van der Waals surface area (Å²) in [6.07, 6.45) is 0.339. The van der Waals surface area contributed by atoms with Gasteiger partial charge in [0, 0.05) is 25.1 Å². The van der Waals surface area contributed by atoms with Crippen LogP contribution in [0.4, 0.5) is 0 Å². The predicted molar refractivity (Wildman–Crippen MR) is 108 cm³/mol. The number of carboxylic acid groups (broad SMARTS) is 1. The van der Waals surface area contributed by atoms with E-state index in [0.717, 1.165) is 0 Å². The average Bonchev–Trinajstić information content (AvgIpc) is 3.18. The minimum absolute atomic E-state index is 0.0343. The van der Waals surface area contributed by atoms with Crippen LogP contribution in [0, 0.1) is 5.92 Å². The summed E-state index contributed by atoms with van der Waals surface area (Å²) < 4.78 is 10.8. The van der Waals surface area contributed by atoms with Gasteiger partial charge in [0.15, 0.2) is 0 Å². The number of ether oxygens (including phenoxy) is 2. The molecule has 2 aromatic rings. The molecule has 0 bridgehead atoms. The third-order valence-electron chi connectivity index (χ3n) is 4.89. The van der Waals surface area contributed by atoms with Gasteiger partial charge < -0.3 is 24.8 Å². The number of carbonyl (C=O) groups is 3. The molecule has 0 aliphatic carbocycles. The molecule has 1 saturated heterocycles. The average molecular weight is 412 g/mol. The van der Waals surface area contributed by atoms with Crippen LogP contribution in [0.15, 0.2) is 54.6 Å². The standard InChI is InChI=1S/C22H24N2O6/c1-29-14-15-11-19(22(27)28)24(13-15)20(25)12-23-21(26)16-7-9-18(10-8-16)30-17-5-3-2-4-6-17/h2-10,15,19H,11-14H2,1H3,(H,23,26)(H,27,28)/t15-,19+/m1/s1. The van der Waals surface area contributed by atoms with Crippen LogP contribution in [-0.2, 0) is 14.3 Å². The lowest BCUT2D eigenvalue weighted by Gasteiger charge is -2.21. The molecule has 2 amide bonds. The quantitative estimate of drug-likeness (QED) is 0.688. The molecule has 0 radical (unpaired) electrons. The number of carbonyl (C=O) groups excluding carboxylic acids is 2. The molecule has 8 heteroatoms. The van der Waals surface area contributed by atoms with Crippen LogP contribution in [0.3, 0.4) is 0 Å². The summed E-state index contributed by atoms with van der Waals surface area (Å²) in [5.74, 6) is -0.673. The zero-order chi connectivity index (χ0) is 21.5. The zero-order valence-electron chi connectivity index (χ0n) is 16.6. The Hall–Kier alpha value is -3.39. The molecule has 1 fully saturated rings. The molecule has 30 heavy (non-hydrogen) atoms. The Morgan fingerprint density at radius 2 is 1.73 bits per heavy atom. The highest BCUT2D eigenvalue weighted by Gasteiger charge is 2.39. The Bertz CT molecular complexity index is 884. The SMILES string of the molecule is COC[C@@H]1C[C@@H](C(=O)O)N(C(=O)CNC(=O)c2ccc(Oc3ccccc3)cc2)C1. The van der Waals surface area contributed by atoms with Gasteiger partial charge in [0.2, 0.25) is 5.91 Å². The van der Waals surface area contributed by atoms with E-state index in [1.54, 1.807) is 24.3 Å². The summed E-state index contributed by atoms with van der Waals surface area (Å²) >= 11 is 0. The van der Waals surface area contributed by atoms with Gasteiger partial charge in [0.1, 0.15) is 17.5 Å². The lowest BCUT2D eigenvalue weighted by atomic mass is 10.1. The second kappa shape index (κ2) is 9.89. The Morgan fingerprint density at radius 1 is 1.07 bits per heavy atom. The maximum Gasteiger partial charge on any atom is 0.326 e. The second-order valence-corrected chi connectivity index (χ2v) is 7.08. The van der Waals surface area contributed by atoms with Gasteiger partial charge >= 0.3 is 5.97 Å². The lowest BCUT2D eigenvalue weighted by molar-refractivity contribution is -0.147. The maximum absolute atomic E-state index is 12.5. The molecule has 0 unspecified atom stereocenters. The van der Waals surface area contributed by atoms with E-state index < -0.39 is 23.8 Å². The molecular formula is C22H24N2O6. The maximum atomic E-state index is 12.5. The molecule has 158 valence electrons. The Morgan fingerprint density at radius 3 is 2.37 bits per heavy atom. The van der Waals surface area contributed by atoms with E-state index in [9.17, 15) is 19.5 Å². The van der Waals surface area contributed by atoms with Crippen LogP contribution in [-0.4, -0.2) is 60.6 Å². The van der Waals surface area contributed by atoms with Gasteiger partial charge in [0.05, 0.1) is 13.2 Å². The normalized spacial score (nSPS) is 18.1. The van der Waals surface area contributed by atoms with Gasteiger partial charge in [0.25, 0.3) is 5.91 Å². The van der Waals surface area contributed by atoms with Crippen LogP contribution in [0.1, 0.15) is 16.8 Å². The van der Waals surface area contributed by atoms with Crippen molar-refractivity contribution in [1.82, 2.24) is 10.2 Å². The molecule has 8 nitrogen and oxygen atoms in total. The first-order chi connectivity index (χ1) is 14.5. The van der Waals surface area contributed by atoms with Crippen molar-refractivity contribution < 1.29 is 29.0 Å². The molecule has 2 atom stereocenters. The lowest BCUT2D eigenvalue weighted by Crippen LogP contribution is -2.45. The number of hydrogen-bond donors (Lipinski definition) is 2. The molecule has 1 aliphatic rings. The molecule has 0 aromatic heterocycles. The fraction of sp³-hybridized carbons (Fsp3) is 0.318. The van der Waals surface area contributed by atoms with Crippen LogP contribution < -0.4 is 10.1 Å². The third-order valence-corrected chi connectivity index (χ3v) is 4.89. The van der Waals surface area contributed by atoms with E-state index in [4.69, 9.17) is 9.47 Å². The number of hydrogen-bond acceptors (Lipinski definition) is 5. The van der Waals surface area contributed by atoms with E-state index in [1.807, 2.05) is 30.3 Å². The number of methoxy groups -OCH3 is 1. The highest BCUT2D eigenvalue weighted by Crippen LogP contribution is 2.24. The van der Waals surface area contributed by atoms with Crippen molar-refractivity contribution in [2.45, 2.75) is 12.5 Å². The fourth-order valence-electron chi connectivity index (χ4n) is 3.45. The van der Waals surface area contributed by atoms with Gasteiger partial charge in [-0.1, -0.05) is 18.2 Å².